The molecule has 2 saturated heterocycles. The molecule has 8 amide bonds. The average Bonchev–Trinajstić information content (AvgIpc) is 3.58. The lowest BCUT2D eigenvalue weighted by atomic mass is 9.94. The van der Waals surface area contributed by atoms with E-state index in [-0.39, 0.29) is 55.9 Å². The first-order chi connectivity index (χ1) is 28.5. The Balaban J connectivity index is 1.33. The van der Waals surface area contributed by atoms with Crippen molar-refractivity contribution in [3.05, 3.63) is 71.1 Å². The minimum absolute atomic E-state index is 0.00107. The minimum Gasteiger partial charge on any atom is -0.508 e. The SMILES string of the molecule is CSCC[C@@H](NC(=O)N[C@@H](Cc1cccc(O)c1)C(=O)O)C(=O)N[C@H](C(=O)N/C=C1/C[C@@H](O)[C@@H](N2CCC(=O)NC2=O)O1)[C@H](C)N(C)C(=O)[C@@H]1Cc2cc(O)ccc2CN1. The van der Waals surface area contributed by atoms with Crippen molar-refractivity contribution in [1.29, 1.82) is 0 Å². The first-order valence-electron chi connectivity index (χ1n) is 19.2. The number of likely N-dealkylation sites (N-methyl/N-ethyl adjacent to an activating group) is 1. The number of aromatic hydroxyl groups is 2. The Hall–Kier alpha value is -6.06. The van der Waals surface area contributed by atoms with Gasteiger partial charge in [0.15, 0.2) is 0 Å². The van der Waals surface area contributed by atoms with Gasteiger partial charge >= 0.3 is 18.0 Å². The fourth-order valence-corrected chi connectivity index (χ4v) is 7.47. The van der Waals surface area contributed by atoms with E-state index in [9.17, 15) is 54.0 Å². The van der Waals surface area contributed by atoms with Crippen LogP contribution in [-0.4, -0.2) is 140 Å². The van der Waals surface area contributed by atoms with Gasteiger partial charge in [-0.15, -0.1) is 0 Å². The Labute approximate surface area is 349 Å². The molecule has 0 spiro atoms. The van der Waals surface area contributed by atoms with E-state index >= 15 is 0 Å². The maximum Gasteiger partial charge on any atom is 0.327 e. The van der Waals surface area contributed by atoms with Gasteiger partial charge in [0, 0.05) is 45.6 Å². The molecule has 0 unspecified atom stereocenters. The number of phenols is 2. The summed E-state index contributed by atoms with van der Waals surface area (Å²) in [6.07, 6.45) is 0.594. The number of imide groups is 1. The summed E-state index contributed by atoms with van der Waals surface area (Å²) >= 11 is 1.37. The molecule has 0 saturated carbocycles. The second-order valence-corrected chi connectivity index (χ2v) is 15.7. The van der Waals surface area contributed by atoms with Crippen molar-refractivity contribution < 1.29 is 58.7 Å². The molecule has 7 atom stereocenters. The van der Waals surface area contributed by atoms with E-state index < -0.39 is 84.2 Å². The van der Waals surface area contributed by atoms with Crippen LogP contribution in [0.4, 0.5) is 9.59 Å². The fourth-order valence-electron chi connectivity index (χ4n) is 7.00. The van der Waals surface area contributed by atoms with Crippen LogP contribution in [-0.2, 0) is 48.1 Å². The van der Waals surface area contributed by atoms with Crippen LogP contribution >= 0.6 is 11.8 Å². The van der Waals surface area contributed by atoms with Gasteiger partial charge in [0.2, 0.25) is 29.9 Å². The van der Waals surface area contributed by atoms with Crippen LogP contribution in [0.25, 0.3) is 0 Å². The molecule has 324 valence electrons. The standard InChI is InChI=1S/C39H50N8O12S/c1-20(46(2)35(54)28-16-23-15-25(49)8-7-22(23)18-40-28)32(34(53)41-19-26-17-30(50)36(59-26)47-11-9-31(51)44-39(47)58)45-33(52)27(10-12-60-3)42-38(57)43-29(37(55)56)14-21-5-4-6-24(48)13-21/h4-8,13,15,19-20,27-30,32,36,40,48-50H,9-12,14,16-18H2,1-3H3,(H,41,53)(H,45,52)(H,55,56)(H2,42,43,57)(H,44,51,58)/b26-19-/t20-,27+,28-,29-,30+,32-,36-/m0/s1. The highest BCUT2D eigenvalue weighted by atomic mass is 32.2. The summed E-state index contributed by atoms with van der Waals surface area (Å²) in [6, 6.07) is 3.07. The number of carboxylic acid groups (broad SMARTS) is 1. The smallest absolute Gasteiger partial charge is 0.327 e. The van der Waals surface area contributed by atoms with Gasteiger partial charge < -0.3 is 56.6 Å². The maximum atomic E-state index is 14.0. The van der Waals surface area contributed by atoms with Crippen molar-refractivity contribution in [2.75, 3.05) is 25.6 Å². The van der Waals surface area contributed by atoms with Crippen molar-refractivity contribution in [1.82, 2.24) is 41.7 Å². The summed E-state index contributed by atoms with van der Waals surface area (Å²) in [5.41, 5.74) is 2.10. The largest absolute Gasteiger partial charge is 0.508 e. The molecule has 3 aliphatic heterocycles. The highest BCUT2D eigenvalue weighted by Crippen LogP contribution is 2.27. The van der Waals surface area contributed by atoms with E-state index in [0.29, 0.717) is 17.9 Å². The number of phenolic OH excluding ortho intramolecular Hbond substituents is 2. The lowest BCUT2D eigenvalue weighted by molar-refractivity contribution is -0.139. The first-order valence-corrected chi connectivity index (χ1v) is 20.6. The van der Waals surface area contributed by atoms with Crippen LogP contribution in [0.1, 0.15) is 42.9 Å². The molecule has 0 radical (unpaired) electrons. The average molecular weight is 855 g/mol. The Kier molecular flexibility index (Phi) is 15.2. The molecule has 3 heterocycles. The molecule has 20 nitrogen and oxygen atoms in total. The second-order valence-electron chi connectivity index (χ2n) is 14.7. The zero-order valence-corrected chi connectivity index (χ0v) is 34.0. The summed E-state index contributed by atoms with van der Waals surface area (Å²) in [6.45, 7) is 1.88. The number of carbonyl (C=O) groups excluding carboxylic acids is 6. The van der Waals surface area contributed by atoms with Gasteiger partial charge in [0.1, 0.15) is 41.5 Å². The zero-order valence-electron chi connectivity index (χ0n) is 33.2. The number of hydrogen-bond acceptors (Lipinski definition) is 13. The Morgan fingerprint density at radius 1 is 1.00 bits per heavy atom. The number of urea groups is 2. The lowest BCUT2D eigenvalue weighted by Gasteiger charge is -2.36. The minimum atomic E-state index is -1.47. The summed E-state index contributed by atoms with van der Waals surface area (Å²) in [5, 5.41) is 55.8. The number of hydrogen-bond donors (Lipinski definition) is 10. The molecular weight excluding hydrogens is 805 g/mol. The summed E-state index contributed by atoms with van der Waals surface area (Å²) < 4.78 is 5.77. The number of amides is 8. The Morgan fingerprint density at radius 2 is 1.73 bits per heavy atom. The van der Waals surface area contributed by atoms with Crippen LogP contribution in [0.15, 0.2) is 54.4 Å². The topological polar surface area (TPSA) is 288 Å². The van der Waals surface area contributed by atoms with Crippen molar-refractivity contribution in [2.45, 2.75) is 88.1 Å². The number of carbonyl (C=O) groups is 7. The second kappa shape index (κ2) is 20.3. The molecule has 10 N–H and O–H groups in total. The van der Waals surface area contributed by atoms with E-state index in [0.717, 1.165) is 22.2 Å². The van der Waals surface area contributed by atoms with Gasteiger partial charge in [-0.25, -0.2) is 14.4 Å². The maximum absolute atomic E-state index is 14.0. The number of aliphatic carboxylic acids is 1. The van der Waals surface area contributed by atoms with Crippen molar-refractivity contribution in [3.8, 4) is 11.5 Å². The molecule has 2 aromatic rings. The predicted octanol–water partition coefficient (Wildman–Crippen LogP) is -0.433. The number of aliphatic hydroxyl groups excluding tert-OH is 1. The quantitative estimate of drug-likeness (QED) is 0.103. The zero-order chi connectivity index (χ0) is 43.7. The molecule has 0 aromatic heterocycles. The molecule has 21 heteroatoms. The van der Waals surface area contributed by atoms with Gasteiger partial charge in [-0.3, -0.25) is 29.4 Å². The lowest BCUT2D eigenvalue weighted by Crippen LogP contribution is -2.62. The third kappa shape index (κ3) is 11.6. The van der Waals surface area contributed by atoms with Crippen LogP contribution in [0.5, 0.6) is 11.5 Å². The molecule has 3 aliphatic rings. The first kappa shape index (κ1) is 45.0. The van der Waals surface area contributed by atoms with Gasteiger partial charge in [0.25, 0.3) is 0 Å². The van der Waals surface area contributed by atoms with Crippen molar-refractivity contribution in [2.24, 2.45) is 0 Å². The number of nitrogens with zero attached hydrogens (tertiary/aromatic N) is 2. The van der Waals surface area contributed by atoms with E-state index in [1.165, 1.54) is 48.8 Å². The summed E-state index contributed by atoms with van der Waals surface area (Å²) in [4.78, 5) is 93.8. The van der Waals surface area contributed by atoms with Gasteiger partial charge in [-0.05, 0) is 72.7 Å². The van der Waals surface area contributed by atoms with Crippen LogP contribution in [0.3, 0.4) is 0 Å². The third-order valence-electron chi connectivity index (χ3n) is 10.4. The van der Waals surface area contributed by atoms with Gasteiger partial charge in [-0.2, -0.15) is 11.8 Å². The monoisotopic (exact) mass is 854 g/mol. The number of thioether (sulfide) groups is 1. The summed E-state index contributed by atoms with van der Waals surface area (Å²) in [5.74, 6) is -3.49. The fraction of sp³-hybridized carbons (Fsp3) is 0.462. The number of fused-ring (bicyclic) bond motifs is 1. The Morgan fingerprint density at radius 3 is 2.43 bits per heavy atom. The van der Waals surface area contributed by atoms with Gasteiger partial charge in [0.05, 0.1) is 12.1 Å². The van der Waals surface area contributed by atoms with E-state index in [1.54, 1.807) is 30.5 Å². The highest BCUT2D eigenvalue weighted by Gasteiger charge is 2.41. The number of benzene rings is 2. The molecule has 0 aliphatic carbocycles. The normalized spacial score (nSPS) is 21.3. The number of carboxylic acids is 1. The predicted molar refractivity (Wildman–Crippen MR) is 215 cm³/mol. The van der Waals surface area contributed by atoms with Crippen LogP contribution in [0.2, 0.25) is 0 Å². The molecule has 60 heavy (non-hydrogen) atoms. The molecule has 5 rings (SSSR count). The van der Waals surface area contributed by atoms with Crippen LogP contribution < -0.4 is 31.9 Å². The van der Waals surface area contributed by atoms with E-state index in [2.05, 4.69) is 31.9 Å². The van der Waals surface area contributed by atoms with Crippen molar-refractivity contribution >= 4 is 53.4 Å². The number of rotatable bonds is 16. The highest BCUT2D eigenvalue weighted by molar-refractivity contribution is 7.98. The molecule has 2 aromatic carbocycles. The van der Waals surface area contributed by atoms with Crippen LogP contribution in [0, 0.1) is 0 Å². The van der Waals surface area contributed by atoms with E-state index in [4.69, 9.17) is 4.74 Å². The number of nitrogens with one attached hydrogen (secondary N) is 6. The molecular formula is C39H50N8O12S. The third-order valence-corrected chi connectivity index (χ3v) is 11.1. The van der Waals surface area contributed by atoms with E-state index in [1.807, 2.05) is 0 Å². The number of aliphatic hydroxyl groups is 1. The Bertz CT molecular complexity index is 2000. The number of ether oxygens (including phenoxy) is 1. The molecule has 2 fully saturated rings. The molecule has 0 bridgehead atoms. The van der Waals surface area contributed by atoms with Gasteiger partial charge in [-0.1, -0.05) is 18.2 Å². The summed E-state index contributed by atoms with van der Waals surface area (Å²) in [7, 11) is 1.46. The van der Waals surface area contributed by atoms with Crippen molar-refractivity contribution in [3.63, 3.8) is 0 Å².